The molecule has 1 unspecified atom stereocenters. The molecule has 1 heterocycles. The molecule has 1 aliphatic rings. The van der Waals surface area contributed by atoms with Gasteiger partial charge in [-0.25, -0.2) is 4.98 Å². The van der Waals surface area contributed by atoms with Gasteiger partial charge in [-0.05, 0) is 25.5 Å². The smallest absolute Gasteiger partial charge is 0.0976 e. The van der Waals surface area contributed by atoms with Crippen LogP contribution in [0.25, 0.3) is 11.3 Å². The van der Waals surface area contributed by atoms with E-state index < -0.39 is 0 Å². The average Bonchev–Trinajstić information content (AvgIpc) is 2.83. The second-order valence-corrected chi connectivity index (χ2v) is 6.05. The van der Waals surface area contributed by atoms with E-state index in [4.69, 9.17) is 4.98 Å². The molecular formula is C15H18N2S. The summed E-state index contributed by atoms with van der Waals surface area (Å²) in [5.74, 6) is 0.498. The number of thiazole rings is 1. The van der Waals surface area contributed by atoms with Crippen LogP contribution < -0.4 is 5.32 Å². The fraction of sp³-hybridized carbons (Fsp3) is 0.400. The highest BCUT2D eigenvalue weighted by Gasteiger charge is 2.21. The molecule has 0 fully saturated rings. The number of fused-ring (bicyclic) bond motifs is 3. The summed E-state index contributed by atoms with van der Waals surface area (Å²) in [5, 5.41) is 4.50. The van der Waals surface area contributed by atoms with Crippen LogP contribution in [0.2, 0.25) is 0 Å². The number of hydrogen-bond acceptors (Lipinski definition) is 3. The topological polar surface area (TPSA) is 24.9 Å². The lowest BCUT2D eigenvalue weighted by atomic mass is 9.94. The highest BCUT2D eigenvalue weighted by Crippen LogP contribution is 2.37. The minimum absolute atomic E-state index is 0.498. The first-order valence-electron chi connectivity index (χ1n) is 6.52. The second-order valence-electron chi connectivity index (χ2n) is 4.94. The normalized spacial score (nSPS) is 15.0. The van der Waals surface area contributed by atoms with Crippen LogP contribution in [0.4, 0.5) is 0 Å². The Hall–Kier alpha value is -1.19. The molecule has 2 aromatic rings. The number of likely N-dealkylation sites (N-methyl/N-ethyl adjacent to an activating group) is 1. The zero-order valence-electron chi connectivity index (χ0n) is 10.9. The Labute approximate surface area is 112 Å². The number of benzene rings is 1. The van der Waals surface area contributed by atoms with Crippen molar-refractivity contribution in [3.8, 4) is 11.3 Å². The van der Waals surface area contributed by atoms with Crippen molar-refractivity contribution in [2.45, 2.75) is 25.7 Å². The predicted molar refractivity (Wildman–Crippen MR) is 77.3 cm³/mol. The van der Waals surface area contributed by atoms with E-state index in [1.807, 2.05) is 18.4 Å². The van der Waals surface area contributed by atoms with E-state index in [1.54, 1.807) is 0 Å². The SMILES string of the molecule is CNCC(C)c1nc2c(s1)CCc1ccccc1-2. The second kappa shape index (κ2) is 4.82. The first-order chi connectivity index (χ1) is 8.79. The fourth-order valence-corrected chi connectivity index (χ4v) is 3.70. The monoisotopic (exact) mass is 258 g/mol. The zero-order valence-corrected chi connectivity index (χ0v) is 11.7. The van der Waals surface area contributed by atoms with Crippen LogP contribution in [0.5, 0.6) is 0 Å². The Morgan fingerprint density at radius 1 is 1.33 bits per heavy atom. The van der Waals surface area contributed by atoms with E-state index in [0.717, 1.165) is 19.4 Å². The number of rotatable bonds is 3. The Balaban J connectivity index is 2.01. The number of hydrogen-bond donors (Lipinski definition) is 1. The predicted octanol–water partition coefficient (Wildman–Crippen LogP) is 3.23. The van der Waals surface area contributed by atoms with E-state index in [2.05, 4.69) is 36.5 Å². The van der Waals surface area contributed by atoms with Crippen molar-refractivity contribution in [1.82, 2.24) is 10.3 Å². The van der Waals surface area contributed by atoms with Gasteiger partial charge in [0.25, 0.3) is 0 Å². The summed E-state index contributed by atoms with van der Waals surface area (Å²) in [5.41, 5.74) is 4.03. The van der Waals surface area contributed by atoms with E-state index in [0.29, 0.717) is 5.92 Å². The summed E-state index contributed by atoms with van der Waals surface area (Å²) in [4.78, 5) is 6.35. The van der Waals surface area contributed by atoms with Gasteiger partial charge in [0.05, 0.1) is 10.7 Å². The van der Waals surface area contributed by atoms with Crippen molar-refractivity contribution >= 4 is 11.3 Å². The van der Waals surface area contributed by atoms with E-state index in [1.165, 1.54) is 26.7 Å². The Kier molecular flexibility index (Phi) is 3.18. The molecular weight excluding hydrogens is 240 g/mol. The summed E-state index contributed by atoms with van der Waals surface area (Å²) in [6.45, 7) is 3.24. The van der Waals surface area contributed by atoms with Gasteiger partial charge in [0.15, 0.2) is 0 Å². The van der Waals surface area contributed by atoms with Crippen molar-refractivity contribution < 1.29 is 0 Å². The third-order valence-electron chi connectivity index (χ3n) is 3.54. The minimum Gasteiger partial charge on any atom is -0.319 e. The highest BCUT2D eigenvalue weighted by atomic mass is 32.1. The number of aryl methyl sites for hydroxylation is 2. The molecule has 0 amide bonds. The summed E-state index contributed by atoms with van der Waals surface area (Å²) >= 11 is 1.90. The average molecular weight is 258 g/mol. The largest absolute Gasteiger partial charge is 0.319 e. The molecule has 1 aromatic carbocycles. The number of nitrogens with one attached hydrogen (secondary N) is 1. The van der Waals surface area contributed by atoms with Crippen LogP contribution in [-0.4, -0.2) is 18.6 Å². The standard InChI is InChI=1S/C15H18N2S/c1-10(9-16-2)15-17-14-12-6-4-3-5-11(12)7-8-13(14)18-15/h3-6,10,16H,7-9H2,1-2H3. The summed E-state index contributed by atoms with van der Waals surface area (Å²) in [6, 6.07) is 8.68. The van der Waals surface area contributed by atoms with Crippen LogP contribution in [0, 0.1) is 0 Å². The maximum Gasteiger partial charge on any atom is 0.0976 e. The molecule has 0 saturated carbocycles. The van der Waals surface area contributed by atoms with Gasteiger partial charge < -0.3 is 5.32 Å². The lowest BCUT2D eigenvalue weighted by Crippen LogP contribution is -2.14. The number of nitrogens with zero attached hydrogens (tertiary/aromatic N) is 1. The van der Waals surface area contributed by atoms with Crippen LogP contribution in [0.1, 0.15) is 28.3 Å². The van der Waals surface area contributed by atoms with Gasteiger partial charge >= 0.3 is 0 Å². The molecule has 1 aliphatic carbocycles. The first kappa shape index (κ1) is 11.9. The molecule has 1 aromatic heterocycles. The van der Waals surface area contributed by atoms with Gasteiger partial charge in [-0.1, -0.05) is 31.2 Å². The van der Waals surface area contributed by atoms with Crippen molar-refractivity contribution in [3.05, 3.63) is 39.7 Å². The van der Waals surface area contributed by atoms with Gasteiger partial charge in [0.1, 0.15) is 0 Å². The van der Waals surface area contributed by atoms with Crippen LogP contribution in [-0.2, 0) is 12.8 Å². The first-order valence-corrected chi connectivity index (χ1v) is 7.33. The Morgan fingerprint density at radius 3 is 3.00 bits per heavy atom. The van der Waals surface area contributed by atoms with Gasteiger partial charge in [-0.2, -0.15) is 0 Å². The zero-order chi connectivity index (χ0) is 12.5. The molecule has 0 aliphatic heterocycles. The minimum atomic E-state index is 0.498. The molecule has 3 rings (SSSR count). The molecule has 0 saturated heterocycles. The van der Waals surface area contributed by atoms with Crippen LogP contribution in [0.3, 0.4) is 0 Å². The van der Waals surface area contributed by atoms with Crippen molar-refractivity contribution in [1.29, 1.82) is 0 Å². The Morgan fingerprint density at radius 2 is 2.17 bits per heavy atom. The lowest BCUT2D eigenvalue weighted by Gasteiger charge is -2.13. The molecule has 2 nitrogen and oxygen atoms in total. The lowest BCUT2D eigenvalue weighted by molar-refractivity contribution is 0.674. The molecule has 94 valence electrons. The number of aromatic nitrogens is 1. The van der Waals surface area contributed by atoms with E-state index in [-0.39, 0.29) is 0 Å². The molecule has 1 N–H and O–H groups in total. The summed E-state index contributed by atoms with van der Waals surface area (Å²) in [6.07, 6.45) is 2.31. The maximum absolute atomic E-state index is 4.89. The fourth-order valence-electron chi connectivity index (χ4n) is 2.57. The van der Waals surface area contributed by atoms with Gasteiger partial charge in [-0.15, -0.1) is 11.3 Å². The highest BCUT2D eigenvalue weighted by molar-refractivity contribution is 7.12. The van der Waals surface area contributed by atoms with E-state index in [9.17, 15) is 0 Å². The van der Waals surface area contributed by atoms with E-state index >= 15 is 0 Å². The van der Waals surface area contributed by atoms with Crippen LogP contribution >= 0.6 is 11.3 Å². The molecule has 0 bridgehead atoms. The Bertz CT molecular complexity index is 559. The third-order valence-corrected chi connectivity index (χ3v) is 4.89. The maximum atomic E-state index is 4.89. The molecule has 18 heavy (non-hydrogen) atoms. The van der Waals surface area contributed by atoms with Gasteiger partial charge in [-0.3, -0.25) is 0 Å². The molecule has 3 heteroatoms. The molecule has 1 atom stereocenters. The quantitative estimate of drug-likeness (QED) is 0.914. The van der Waals surface area contributed by atoms with Gasteiger partial charge in [0.2, 0.25) is 0 Å². The summed E-state index contributed by atoms with van der Waals surface area (Å²) in [7, 11) is 2.00. The van der Waals surface area contributed by atoms with Crippen LogP contribution in [0.15, 0.2) is 24.3 Å². The third kappa shape index (κ3) is 1.98. The molecule has 0 spiro atoms. The molecule has 0 radical (unpaired) electrons. The van der Waals surface area contributed by atoms with Crippen molar-refractivity contribution in [3.63, 3.8) is 0 Å². The van der Waals surface area contributed by atoms with Gasteiger partial charge in [0, 0.05) is 22.9 Å². The van der Waals surface area contributed by atoms with Crippen molar-refractivity contribution in [2.24, 2.45) is 0 Å². The summed E-state index contributed by atoms with van der Waals surface area (Å²) < 4.78 is 0. The van der Waals surface area contributed by atoms with Crippen molar-refractivity contribution in [2.75, 3.05) is 13.6 Å².